The number of nitrogens with zero attached hydrogens (tertiary/aromatic N) is 2. The van der Waals surface area contributed by atoms with Crippen molar-refractivity contribution in [3.8, 4) is 0 Å². The number of carbonyl (C=O) groups excluding carboxylic acids is 1. The summed E-state index contributed by atoms with van der Waals surface area (Å²) < 4.78 is 6.30. The van der Waals surface area contributed by atoms with E-state index in [0.29, 0.717) is 30.9 Å². The van der Waals surface area contributed by atoms with Gasteiger partial charge in [0.1, 0.15) is 0 Å². The predicted molar refractivity (Wildman–Crippen MR) is 103 cm³/mol. The number of anilines is 1. The van der Waals surface area contributed by atoms with Gasteiger partial charge in [0.05, 0.1) is 25.2 Å². The molecule has 7 rings (SSSR count). The number of aryl methyl sites for hydroxylation is 2. The number of hydrogen-bond donors (Lipinski definition) is 0. The molecule has 0 radical (unpaired) electrons. The van der Waals surface area contributed by atoms with E-state index in [1.807, 2.05) is 0 Å². The zero-order valence-corrected chi connectivity index (χ0v) is 16.1. The Hall–Kier alpha value is -1.65. The molecule has 1 aliphatic carbocycles. The normalized spacial score (nSPS) is 43.5. The first-order chi connectivity index (χ1) is 13.1. The summed E-state index contributed by atoms with van der Waals surface area (Å²) in [6.07, 6.45) is 5.43. The van der Waals surface area contributed by atoms with Crippen molar-refractivity contribution < 1.29 is 9.53 Å². The number of ether oxygens (including phenoxy) is 1. The van der Waals surface area contributed by atoms with E-state index in [1.165, 1.54) is 35.2 Å². The molecule has 6 atom stereocenters. The molecule has 27 heavy (non-hydrogen) atoms. The first-order valence-corrected chi connectivity index (χ1v) is 10.6. The second kappa shape index (κ2) is 4.66. The lowest BCUT2D eigenvalue weighted by Gasteiger charge is -2.58. The first kappa shape index (κ1) is 15.3. The maximum atomic E-state index is 13.4. The highest BCUT2D eigenvalue weighted by atomic mass is 16.5. The number of piperidine rings is 2. The van der Waals surface area contributed by atoms with Crippen molar-refractivity contribution in [3.05, 3.63) is 40.5 Å². The van der Waals surface area contributed by atoms with Gasteiger partial charge in [0.2, 0.25) is 5.91 Å². The van der Waals surface area contributed by atoms with Crippen molar-refractivity contribution in [1.29, 1.82) is 0 Å². The maximum Gasteiger partial charge on any atom is 0.229 e. The molecule has 1 amide bonds. The van der Waals surface area contributed by atoms with E-state index in [4.69, 9.17) is 4.74 Å². The molecule has 4 heteroatoms. The lowest BCUT2D eigenvalue weighted by Crippen LogP contribution is -2.69. The van der Waals surface area contributed by atoms with Crippen molar-refractivity contribution in [3.63, 3.8) is 0 Å². The van der Waals surface area contributed by atoms with E-state index in [9.17, 15) is 4.79 Å². The standard InChI is InChI=1S/C23H26N2O2/c1-12-7-16-17(8-13(12)2)25-20(26)10-18-21-15-9-19-23(16,22(21)25)4-5-24(19)11-14(15)3-6-27-18/h3,7-8,15,18-19,21-22H,4-6,9-11H2,1-2H3/t15-,18-,19-,21-,22+,23-/m1/s1. The molecule has 4 fully saturated rings. The second-order valence-electron chi connectivity index (χ2n) is 9.71. The predicted octanol–water partition coefficient (Wildman–Crippen LogP) is 2.71. The molecule has 4 nitrogen and oxygen atoms in total. The molecule has 140 valence electrons. The summed E-state index contributed by atoms with van der Waals surface area (Å²) in [6.45, 7) is 7.37. The zero-order chi connectivity index (χ0) is 18.1. The van der Waals surface area contributed by atoms with Crippen molar-refractivity contribution in [2.24, 2.45) is 11.8 Å². The number of amides is 1. The van der Waals surface area contributed by atoms with Crippen LogP contribution in [0.1, 0.15) is 36.0 Å². The van der Waals surface area contributed by atoms with E-state index in [1.54, 1.807) is 5.57 Å². The lowest BCUT2D eigenvalue weighted by atomic mass is 9.53. The highest BCUT2D eigenvalue weighted by Gasteiger charge is 2.71. The number of fused-ring (bicyclic) bond motifs is 2. The summed E-state index contributed by atoms with van der Waals surface area (Å²) in [6, 6.07) is 5.60. The van der Waals surface area contributed by atoms with Crippen LogP contribution >= 0.6 is 0 Å². The Kier molecular flexibility index (Phi) is 2.64. The minimum atomic E-state index is 0.0963. The van der Waals surface area contributed by atoms with Crippen LogP contribution in [0.4, 0.5) is 5.69 Å². The topological polar surface area (TPSA) is 32.8 Å². The highest BCUT2D eigenvalue weighted by Crippen LogP contribution is 2.65. The lowest BCUT2D eigenvalue weighted by molar-refractivity contribution is -0.132. The Morgan fingerprint density at radius 1 is 1.22 bits per heavy atom. The summed E-state index contributed by atoms with van der Waals surface area (Å²) in [5.74, 6) is 1.34. The van der Waals surface area contributed by atoms with Gasteiger partial charge in [-0.3, -0.25) is 9.69 Å². The summed E-state index contributed by atoms with van der Waals surface area (Å²) in [5.41, 5.74) is 7.05. The van der Waals surface area contributed by atoms with Crippen LogP contribution in [0.25, 0.3) is 0 Å². The van der Waals surface area contributed by atoms with Gasteiger partial charge < -0.3 is 9.64 Å². The summed E-state index contributed by atoms with van der Waals surface area (Å²) >= 11 is 0. The quantitative estimate of drug-likeness (QED) is 0.666. The maximum absolute atomic E-state index is 13.4. The third-order valence-electron chi connectivity index (χ3n) is 8.93. The fourth-order valence-corrected chi connectivity index (χ4v) is 7.80. The van der Waals surface area contributed by atoms with Crippen LogP contribution in [0.2, 0.25) is 0 Å². The van der Waals surface area contributed by atoms with E-state index in [2.05, 4.69) is 41.9 Å². The van der Waals surface area contributed by atoms with Gasteiger partial charge in [0, 0.05) is 29.6 Å². The molecular formula is C23H26N2O2. The van der Waals surface area contributed by atoms with Gasteiger partial charge in [-0.15, -0.1) is 0 Å². The smallest absolute Gasteiger partial charge is 0.229 e. The number of rotatable bonds is 0. The average molecular weight is 362 g/mol. The first-order valence-electron chi connectivity index (χ1n) is 10.6. The van der Waals surface area contributed by atoms with Crippen LogP contribution in [0.3, 0.4) is 0 Å². The Morgan fingerprint density at radius 3 is 2.96 bits per heavy atom. The zero-order valence-electron chi connectivity index (χ0n) is 16.1. The van der Waals surface area contributed by atoms with Crippen molar-refractivity contribution in [2.75, 3.05) is 24.6 Å². The molecule has 0 unspecified atom stereocenters. The second-order valence-corrected chi connectivity index (χ2v) is 9.71. The molecule has 6 aliphatic rings. The Balaban J connectivity index is 1.55. The molecule has 2 bridgehead atoms. The molecule has 0 aromatic heterocycles. The fraction of sp³-hybridized carbons (Fsp3) is 0.609. The Bertz CT molecular complexity index is 937. The van der Waals surface area contributed by atoms with Crippen LogP contribution in [0.5, 0.6) is 0 Å². The Labute approximate surface area is 160 Å². The van der Waals surface area contributed by atoms with E-state index >= 15 is 0 Å². The van der Waals surface area contributed by atoms with Gasteiger partial charge in [-0.25, -0.2) is 0 Å². The number of hydrogen-bond acceptors (Lipinski definition) is 3. The molecular weight excluding hydrogens is 336 g/mol. The molecule has 3 saturated heterocycles. The SMILES string of the molecule is Cc1cc2c(cc1C)[C@@]13CCN4CC5=CCO[C@@H]6CC(=O)N2[C@H]1[C@@H]6[C@@H]5C[C@@H]43. The van der Waals surface area contributed by atoms with Crippen LogP contribution in [0, 0.1) is 25.7 Å². The highest BCUT2D eigenvalue weighted by molar-refractivity contribution is 5.99. The monoisotopic (exact) mass is 362 g/mol. The van der Waals surface area contributed by atoms with Crippen molar-refractivity contribution in [2.45, 2.75) is 56.7 Å². The van der Waals surface area contributed by atoms with Gasteiger partial charge >= 0.3 is 0 Å². The third kappa shape index (κ3) is 1.56. The average Bonchev–Trinajstić information content (AvgIpc) is 3.10. The van der Waals surface area contributed by atoms with Crippen LogP contribution in [-0.4, -0.2) is 48.7 Å². The fourth-order valence-electron chi connectivity index (χ4n) is 7.80. The third-order valence-corrected chi connectivity index (χ3v) is 8.93. The largest absolute Gasteiger partial charge is 0.373 e. The van der Waals surface area contributed by atoms with E-state index in [-0.39, 0.29) is 23.5 Å². The number of carbonyl (C=O) groups is 1. The molecule has 1 saturated carbocycles. The van der Waals surface area contributed by atoms with Crippen molar-refractivity contribution >= 4 is 11.6 Å². The number of benzene rings is 1. The van der Waals surface area contributed by atoms with Crippen LogP contribution < -0.4 is 4.90 Å². The molecule has 5 heterocycles. The van der Waals surface area contributed by atoms with Crippen LogP contribution in [0.15, 0.2) is 23.8 Å². The van der Waals surface area contributed by atoms with E-state index in [0.717, 1.165) is 13.1 Å². The molecule has 1 aromatic carbocycles. The molecule has 1 aromatic rings. The van der Waals surface area contributed by atoms with Gasteiger partial charge in [0.25, 0.3) is 0 Å². The van der Waals surface area contributed by atoms with Crippen molar-refractivity contribution in [1.82, 2.24) is 4.90 Å². The summed E-state index contributed by atoms with van der Waals surface area (Å²) in [4.78, 5) is 18.3. The van der Waals surface area contributed by atoms with Gasteiger partial charge in [-0.2, -0.15) is 0 Å². The van der Waals surface area contributed by atoms with Crippen LogP contribution in [-0.2, 0) is 14.9 Å². The van der Waals surface area contributed by atoms with Gasteiger partial charge in [0.15, 0.2) is 0 Å². The summed E-state index contributed by atoms with van der Waals surface area (Å²) in [5, 5.41) is 0. The summed E-state index contributed by atoms with van der Waals surface area (Å²) in [7, 11) is 0. The molecule has 1 spiro atoms. The van der Waals surface area contributed by atoms with Gasteiger partial charge in [-0.05, 0) is 61.9 Å². The Morgan fingerprint density at radius 2 is 2.07 bits per heavy atom. The minimum absolute atomic E-state index is 0.0963. The molecule has 0 N–H and O–H groups in total. The molecule has 5 aliphatic heterocycles. The minimum Gasteiger partial charge on any atom is -0.373 e. The van der Waals surface area contributed by atoms with E-state index < -0.39 is 0 Å². The van der Waals surface area contributed by atoms with Gasteiger partial charge in [-0.1, -0.05) is 17.7 Å².